The van der Waals surface area contributed by atoms with Crippen LogP contribution in [0.25, 0.3) is 0 Å². The number of carbonyl (C=O) groups is 1. The Labute approximate surface area is 137 Å². The fourth-order valence-corrected chi connectivity index (χ4v) is 4.83. The van der Waals surface area contributed by atoms with Crippen LogP contribution in [0, 0.1) is 0 Å². The van der Waals surface area contributed by atoms with Crippen LogP contribution in [0.4, 0.5) is 0 Å². The monoisotopic (exact) mass is 320 g/mol. The van der Waals surface area contributed by atoms with Gasteiger partial charge in [-0.25, -0.2) is 4.79 Å². The molecule has 0 aliphatic carbocycles. The van der Waals surface area contributed by atoms with E-state index in [1.54, 1.807) is 6.07 Å². The molecule has 0 aliphatic rings. The molecule has 3 heteroatoms. The molecule has 0 amide bonds. The molecule has 0 saturated carbocycles. The van der Waals surface area contributed by atoms with Gasteiger partial charge in [0, 0.05) is 0 Å². The summed E-state index contributed by atoms with van der Waals surface area (Å²) in [5, 5.41) is 3.66. The van der Waals surface area contributed by atoms with Gasteiger partial charge in [-0.1, -0.05) is 72.8 Å². The number of rotatable bonds is 4. The molecule has 3 aromatic carbocycles. The van der Waals surface area contributed by atoms with Crippen LogP contribution in [0.2, 0.25) is 0 Å². The Balaban J connectivity index is 2.11. The lowest BCUT2D eigenvalue weighted by atomic mass is 10.2. The Hall–Kier alpha value is -2.44. The van der Waals surface area contributed by atoms with Crippen molar-refractivity contribution in [1.82, 2.24) is 0 Å². The van der Waals surface area contributed by atoms with Gasteiger partial charge in [0.05, 0.1) is 12.7 Å². The van der Waals surface area contributed by atoms with Crippen molar-refractivity contribution in [3.63, 3.8) is 0 Å². The molecule has 0 aromatic heterocycles. The molecular weight excluding hydrogens is 303 g/mol. The van der Waals surface area contributed by atoms with Gasteiger partial charge in [0.25, 0.3) is 0 Å². The van der Waals surface area contributed by atoms with Crippen LogP contribution >= 0.6 is 7.92 Å². The zero-order valence-electron chi connectivity index (χ0n) is 12.8. The average molecular weight is 320 g/mol. The lowest BCUT2D eigenvalue weighted by molar-refractivity contribution is 0.0601. The maximum atomic E-state index is 11.8. The molecule has 0 saturated heterocycles. The van der Waals surface area contributed by atoms with Crippen molar-refractivity contribution in [2.24, 2.45) is 0 Å². The number of methoxy groups -OCH3 is 1. The summed E-state index contributed by atoms with van der Waals surface area (Å²) in [6, 6.07) is 28.6. The summed E-state index contributed by atoms with van der Waals surface area (Å²) < 4.78 is 4.85. The van der Waals surface area contributed by atoms with E-state index in [4.69, 9.17) is 4.74 Å². The van der Waals surface area contributed by atoms with Crippen LogP contribution in [0.5, 0.6) is 0 Å². The number of carbonyl (C=O) groups excluding carboxylic acids is 1. The molecule has 0 spiro atoms. The predicted molar refractivity (Wildman–Crippen MR) is 96.5 cm³/mol. The van der Waals surface area contributed by atoms with E-state index in [0.717, 1.165) is 5.30 Å². The molecule has 0 unspecified atom stereocenters. The van der Waals surface area contributed by atoms with Crippen molar-refractivity contribution in [1.29, 1.82) is 0 Å². The molecule has 0 N–H and O–H groups in total. The molecule has 0 atom stereocenters. The maximum Gasteiger partial charge on any atom is 0.337 e. The van der Waals surface area contributed by atoms with Crippen molar-refractivity contribution in [2.75, 3.05) is 7.11 Å². The highest BCUT2D eigenvalue weighted by molar-refractivity contribution is 7.79. The number of benzene rings is 3. The molecular formula is C20H17O2P. The van der Waals surface area contributed by atoms with E-state index in [9.17, 15) is 4.79 Å². The van der Waals surface area contributed by atoms with E-state index >= 15 is 0 Å². The highest BCUT2D eigenvalue weighted by Crippen LogP contribution is 2.32. The molecule has 23 heavy (non-hydrogen) atoms. The zero-order chi connectivity index (χ0) is 16.1. The van der Waals surface area contributed by atoms with Gasteiger partial charge in [0.1, 0.15) is 0 Å². The third kappa shape index (κ3) is 3.49. The Bertz CT molecular complexity index is 746. The third-order valence-electron chi connectivity index (χ3n) is 3.55. The van der Waals surface area contributed by atoms with Gasteiger partial charge in [0.2, 0.25) is 0 Å². The van der Waals surface area contributed by atoms with Crippen molar-refractivity contribution in [2.45, 2.75) is 0 Å². The van der Waals surface area contributed by atoms with E-state index in [-0.39, 0.29) is 5.97 Å². The van der Waals surface area contributed by atoms with Crippen molar-refractivity contribution in [3.05, 3.63) is 90.5 Å². The Morgan fingerprint density at radius 3 is 1.78 bits per heavy atom. The molecule has 0 fully saturated rings. The topological polar surface area (TPSA) is 26.3 Å². The van der Waals surface area contributed by atoms with E-state index in [1.807, 2.05) is 24.3 Å². The smallest absolute Gasteiger partial charge is 0.337 e. The first-order valence-electron chi connectivity index (χ1n) is 7.38. The number of hydrogen-bond donors (Lipinski definition) is 0. The highest BCUT2D eigenvalue weighted by atomic mass is 31.1. The normalized spacial score (nSPS) is 10.5. The second-order valence-electron chi connectivity index (χ2n) is 5.05. The van der Waals surface area contributed by atoms with Crippen molar-refractivity contribution >= 4 is 29.8 Å². The molecule has 0 radical (unpaired) electrons. The van der Waals surface area contributed by atoms with Crippen LogP contribution < -0.4 is 15.9 Å². The minimum atomic E-state index is -0.700. The Morgan fingerprint density at radius 2 is 1.26 bits per heavy atom. The number of hydrogen-bond acceptors (Lipinski definition) is 2. The van der Waals surface area contributed by atoms with Gasteiger partial charge in [-0.3, -0.25) is 0 Å². The summed E-state index contributed by atoms with van der Waals surface area (Å²) in [7, 11) is 0.709. The van der Waals surface area contributed by atoms with Gasteiger partial charge in [-0.05, 0) is 36.0 Å². The largest absolute Gasteiger partial charge is 0.465 e. The summed E-state index contributed by atoms with van der Waals surface area (Å²) in [4.78, 5) is 11.8. The lowest BCUT2D eigenvalue weighted by Crippen LogP contribution is -2.21. The first kappa shape index (κ1) is 15.5. The molecule has 0 aliphatic heterocycles. The molecule has 0 heterocycles. The lowest BCUT2D eigenvalue weighted by Gasteiger charge is -2.19. The van der Waals surface area contributed by atoms with Crippen molar-refractivity contribution < 1.29 is 9.53 Å². The molecule has 3 aromatic rings. The molecule has 3 rings (SSSR count). The Kier molecular flexibility index (Phi) is 4.85. The van der Waals surface area contributed by atoms with Gasteiger partial charge < -0.3 is 4.74 Å². The summed E-state index contributed by atoms with van der Waals surface area (Å²) in [5.41, 5.74) is 0.587. The van der Waals surface area contributed by atoms with E-state index in [1.165, 1.54) is 17.7 Å². The second-order valence-corrected chi connectivity index (χ2v) is 7.27. The summed E-state index contributed by atoms with van der Waals surface area (Å²) in [6.45, 7) is 0. The molecule has 2 nitrogen and oxygen atoms in total. The van der Waals surface area contributed by atoms with E-state index in [0.29, 0.717) is 5.56 Å². The fraction of sp³-hybridized carbons (Fsp3) is 0.0500. The van der Waals surface area contributed by atoms with Crippen LogP contribution in [0.15, 0.2) is 84.9 Å². The fourth-order valence-electron chi connectivity index (χ4n) is 2.49. The van der Waals surface area contributed by atoms with Gasteiger partial charge in [-0.15, -0.1) is 0 Å². The quantitative estimate of drug-likeness (QED) is 0.545. The highest BCUT2D eigenvalue weighted by Gasteiger charge is 2.17. The zero-order valence-corrected chi connectivity index (χ0v) is 13.7. The first-order chi connectivity index (χ1) is 11.3. The summed E-state index contributed by atoms with van der Waals surface area (Å²) >= 11 is 0. The van der Waals surface area contributed by atoms with E-state index < -0.39 is 7.92 Å². The van der Waals surface area contributed by atoms with Crippen LogP contribution in [-0.4, -0.2) is 13.1 Å². The molecule has 0 bridgehead atoms. The van der Waals surface area contributed by atoms with Crippen LogP contribution in [0.3, 0.4) is 0 Å². The minimum Gasteiger partial charge on any atom is -0.465 e. The summed E-state index contributed by atoms with van der Waals surface area (Å²) in [6.07, 6.45) is 0. The first-order valence-corrected chi connectivity index (χ1v) is 8.72. The SMILES string of the molecule is COC(=O)c1cccc(P(c2ccccc2)c2ccccc2)c1. The summed E-state index contributed by atoms with van der Waals surface area (Å²) in [5.74, 6) is -0.303. The second kappa shape index (κ2) is 7.21. The van der Waals surface area contributed by atoms with E-state index in [2.05, 4.69) is 54.6 Å². The minimum absolute atomic E-state index is 0.303. The standard InChI is InChI=1S/C20H17O2P/c1-22-20(21)16-9-8-14-19(15-16)23(17-10-4-2-5-11-17)18-12-6-3-7-13-18/h2-15H,1H3. The number of esters is 1. The van der Waals surface area contributed by atoms with Crippen LogP contribution in [-0.2, 0) is 4.74 Å². The maximum absolute atomic E-state index is 11.8. The number of ether oxygens (including phenoxy) is 1. The predicted octanol–water partition coefficient (Wildman–Crippen LogP) is 3.23. The van der Waals surface area contributed by atoms with Gasteiger partial charge >= 0.3 is 5.97 Å². The Morgan fingerprint density at radius 1 is 0.739 bits per heavy atom. The van der Waals surface area contributed by atoms with Crippen LogP contribution in [0.1, 0.15) is 10.4 Å². The third-order valence-corrected chi connectivity index (χ3v) is 5.98. The van der Waals surface area contributed by atoms with Crippen molar-refractivity contribution in [3.8, 4) is 0 Å². The molecule has 114 valence electrons. The average Bonchev–Trinajstić information content (AvgIpc) is 2.63. The van der Waals surface area contributed by atoms with Gasteiger partial charge in [-0.2, -0.15) is 0 Å². The van der Waals surface area contributed by atoms with Gasteiger partial charge in [0.15, 0.2) is 0 Å².